The maximum absolute atomic E-state index is 12.8. The Hall–Kier alpha value is -1.18. The molecule has 0 amide bonds. The topological polar surface area (TPSA) is 88.3 Å². The fraction of sp³-hybridized carbons (Fsp3) is 0.643. The molecule has 0 radical (unpaired) electrons. The van der Waals surface area contributed by atoms with Crippen molar-refractivity contribution < 1.29 is 8.42 Å². The van der Waals surface area contributed by atoms with E-state index in [1.807, 2.05) is 0 Å². The molecule has 1 saturated heterocycles. The van der Waals surface area contributed by atoms with Crippen LogP contribution in [-0.2, 0) is 10.0 Å². The van der Waals surface area contributed by atoms with Crippen molar-refractivity contribution in [2.45, 2.75) is 49.5 Å². The van der Waals surface area contributed by atoms with E-state index in [9.17, 15) is 8.42 Å². The van der Waals surface area contributed by atoms with Crippen LogP contribution in [0.25, 0.3) is 0 Å². The predicted octanol–water partition coefficient (Wildman–Crippen LogP) is 1.71. The fourth-order valence-electron chi connectivity index (χ4n) is 3.63. The molecular weight excluding hydrogens is 288 g/mol. The number of nitrogens with two attached hydrogens (primary N) is 1. The van der Waals surface area contributed by atoms with Crippen LogP contribution in [0.2, 0.25) is 0 Å². The van der Waals surface area contributed by atoms with Crippen LogP contribution in [0.3, 0.4) is 0 Å². The van der Waals surface area contributed by atoms with E-state index in [2.05, 4.69) is 10.4 Å². The Kier molecular flexibility index (Phi) is 4.14. The minimum Gasteiger partial charge on any atom is -0.308 e. The molecule has 2 heterocycles. The van der Waals surface area contributed by atoms with Gasteiger partial charge in [0.25, 0.3) is 0 Å². The second-order valence-corrected chi connectivity index (χ2v) is 7.78. The molecule has 1 unspecified atom stereocenters. The minimum atomic E-state index is -3.45. The lowest BCUT2D eigenvalue weighted by molar-refractivity contribution is 0.288. The number of nitrogen functional groups attached to an aromatic ring is 1. The first-order valence-corrected chi connectivity index (χ1v) is 9.01. The van der Waals surface area contributed by atoms with Crippen LogP contribution in [0.15, 0.2) is 23.2 Å². The van der Waals surface area contributed by atoms with Gasteiger partial charge in [0.1, 0.15) is 10.7 Å². The van der Waals surface area contributed by atoms with Gasteiger partial charge in [0.05, 0.1) is 0 Å². The first-order valence-electron chi connectivity index (χ1n) is 7.57. The van der Waals surface area contributed by atoms with E-state index in [4.69, 9.17) is 5.84 Å². The highest BCUT2D eigenvalue weighted by Crippen LogP contribution is 2.37. The molecule has 0 spiro atoms. The molecule has 1 saturated carbocycles. The molecule has 1 aliphatic heterocycles. The smallest absolute Gasteiger partial charge is 0.244 e. The van der Waals surface area contributed by atoms with Crippen LogP contribution < -0.4 is 11.3 Å². The number of hydrazine groups is 1. The molecule has 3 rings (SSSR count). The molecule has 0 aromatic carbocycles. The van der Waals surface area contributed by atoms with E-state index in [1.54, 1.807) is 16.4 Å². The molecule has 21 heavy (non-hydrogen) atoms. The van der Waals surface area contributed by atoms with Crippen molar-refractivity contribution in [1.82, 2.24) is 9.29 Å². The molecule has 1 atom stereocenters. The first kappa shape index (κ1) is 14.7. The third kappa shape index (κ3) is 2.77. The number of aromatic nitrogens is 1. The summed E-state index contributed by atoms with van der Waals surface area (Å²) in [6.45, 7) is 0.625. The van der Waals surface area contributed by atoms with Gasteiger partial charge in [0, 0.05) is 18.8 Å². The summed E-state index contributed by atoms with van der Waals surface area (Å²) in [6.07, 6.45) is 8.10. The number of hydrogen-bond acceptors (Lipinski definition) is 5. The monoisotopic (exact) mass is 310 g/mol. The molecule has 1 aromatic heterocycles. The summed E-state index contributed by atoms with van der Waals surface area (Å²) in [4.78, 5) is 4.27. The van der Waals surface area contributed by atoms with Gasteiger partial charge in [0.2, 0.25) is 10.0 Å². The van der Waals surface area contributed by atoms with Crippen LogP contribution in [0.5, 0.6) is 0 Å². The lowest BCUT2D eigenvalue weighted by Crippen LogP contribution is -2.39. The molecule has 2 fully saturated rings. The standard InChI is InChI=1S/C14H22N4O2S/c15-17-14-8-7-12(10-16-14)21(19,20)18-9-3-6-13(18)11-4-1-2-5-11/h7-8,10-11,13H,1-6,9,15H2,(H,16,17). The van der Waals surface area contributed by atoms with Crippen LogP contribution in [0.1, 0.15) is 38.5 Å². The number of anilines is 1. The summed E-state index contributed by atoms with van der Waals surface area (Å²) in [6, 6.07) is 3.33. The summed E-state index contributed by atoms with van der Waals surface area (Å²) in [7, 11) is -3.45. The van der Waals surface area contributed by atoms with E-state index in [1.165, 1.54) is 19.0 Å². The lowest BCUT2D eigenvalue weighted by atomic mass is 9.97. The Bertz CT molecular complexity index is 581. The number of pyridine rings is 1. The Labute approximate surface area is 125 Å². The Morgan fingerprint density at radius 3 is 2.57 bits per heavy atom. The minimum absolute atomic E-state index is 0.171. The molecular formula is C14H22N4O2S. The van der Waals surface area contributed by atoms with Gasteiger partial charge in [-0.2, -0.15) is 4.31 Å². The van der Waals surface area contributed by atoms with Gasteiger partial charge < -0.3 is 5.43 Å². The Balaban J connectivity index is 1.85. The molecule has 1 aliphatic carbocycles. The van der Waals surface area contributed by atoms with Gasteiger partial charge >= 0.3 is 0 Å². The van der Waals surface area contributed by atoms with Crippen LogP contribution >= 0.6 is 0 Å². The van der Waals surface area contributed by atoms with Crippen molar-refractivity contribution in [2.75, 3.05) is 12.0 Å². The summed E-state index contributed by atoms with van der Waals surface area (Å²) >= 11 is 0. The fourth-order valence-corrected chi connectivity index (χ4v) is 5.33. The summed E-state index contributed by atoms with van der Waals surface area (Å²) < 4.78 is 27.4. The average molecular weight is 310 g/mol. The predicted molar refractivity (Wildman–Crippen MR) is 80.9 cm³/mol. The van der Waals surface area contributed by atoms with Gasteiger partial charge in [-0.15, -0.1) is 0 Å². The van der Waals surface area contributed by atoms with E-state index >= 15 is 0 Å². The van der Waals surface area contributed by atoms with Crippen molar-refractivity contribution in [3.63, 3.8) is 0 Å². The lowest BCUT2D eigenvalue weighted by Gasteiger charge is -2.28. The second kappa shape index (κ2) is 5.90. The van der Waals surface area contributed by atoms with Gasteiger partial charge in [-0.25, -0.2) is 19.2 Å². The molecule has 1 aromatic rings. The number of sulfonamides is 1. The first-order chi connectivity index (χ1) is 10.1. The van der Waals surface area contributed by atoms with Gasteiger partial charge in [-0.05, 0) is 43.7 Å². The van der Waals surface area contributed by atoms with Crippen molar-refractivity contribution >= 4 is 15.8 Å². The molecule has 3 N–H and O–H groups in total. The van der Waals surface area contributed by atoms with Crippen molar-refractivity contribution in [2.24, 2.45) is 11.8 Å². The van der Waals surface area contributed by atoms with Crippen molar-refractivity contribution in [3.05, 3.63) is 18.3 Å². The normalized spacial score (nSPS) is 24.5. The van der Waals surface area contributed by atoms with Crippen LogP contribution in [-0.4, -0.2) is 30.3 Å². The van der Waals surface area contributed by atoms with Crippen molar-refractivity contribution in [3.8, 4) is 0 Å². The number of hydrogen-bond donors (Lipinski definition) is 2. The zero-order valence-electron chi connectivity index (χ0n) is 12.0. The molecule has 116 valence electrons. The maximum Gasteiger partial charge on any atom is 0.244 e. The zero-order valence-corrected chi connectivity index (χ0v) is 12.8. The third-order valence-electron chi connectivity index (χ3n) is 4.68. The number of rotatable bonds is 4. The maximum atomic E-state index is 12.8. The quantitative estimate of drug-likeness (QED) is 0.653. The van der Waals surface area contributed by atoms with Crippen molar-refractivity contribution in [1.29, 1.82) is 0 Å². The van der Waals surface area contributed by atoms with E-state index in [0.717, 1.165) is 25.7 Å². The van der Waals surface area contributed by atoms with Gasteiger partial charge in [-0.3, -0.25) is 0 Å². The zero-order chi connectivity index (χ0) is 14.9. The summed E-state index contributed by atoms with van der Waals surface area (Å²) in [5, 5.41) is 0. The molecule has 6 nitrogen and oxygen atoms in total. The highest BCUT2D eigenvalue weighted by molar-refractivity contribution is 7.89. The van der Waals surface area contributed by atoms with Crippen LogP contribution in [0, 0.1) is 5.92 Å². The SMILES string of the molecule is NNc1ccc(S(=O)(=O)N2CCCC2C2CCCC2)cn1. The molecule has 2 aliphatic rings. The third-order valence-corrected chi connectivity index (χ3v) is 6.59. The number of nitrogens with zero attached hydrogens (tertiary/aromatic N) is 2. The van der Waals surface area contributed by atoms with Crippen LogP contribution in [0.4, 0.5) is 5.82 Å². The molecule has 0 bridgehead atoms. The van der Waals surface area contributed by atoms with Gasteiger partial charge in [0.15, 0.2) is 0 Å². The second-order valence-electron chi connectivity index (χ2n) is 5.89. The number of nitrogens with one attached hydrogen (secondary N) is 1. The largest absolute Gasteiger partial charge is 0.308 e. The van der Waals surface area contributed by atoms with E-state index < -0.39 is 10.0 Å². The highest BCUT2D eigenvalue weighted by atomic mass is 32.2. The van der Waals surface area contributed by atoms with Gasteiger partial charge in [-0.1, -0.05) is 12.8 Å². The van der Waals surface area contributed by atoms with E-state index in [0.29, 0.717) is 18.3 Å². The summed E-state index contributed by atoms with van der Waals surface area (Å²) in [5.41, 5.74) is 2.41. The van der Waals surface area contributed by atoms with E-state index in [-0.39, 0.29) is 10.9 Å². The average Bonchev–Trinajstić information content (AvgIpc) is 3.17. The Morgan fingerprint density at radius 2 is 1.95 bits per heavy atom. The summed E-state index contributed by atoms with van der Waals surface area (Å²) in [5.74, 6) is 6.25. The highest BCUT2D eigenvalue weighted by Gasteiger charge is 2.40. The molecule has 7 heteroatoms. The Morgan fingerprint density at radius 1 is 1.19 bits per heavy atom.